The van der Waals surface area contributed by atoms with Gasteiger partial charge in [-0.3, -0.25) is 9.59 Å². The third kappa shape index (κ3) is 5.80. The highest BCUT2D eigenvalue weighted by atomic mass is 32.2. The summed E-state index contributed by atoms with van der Waals surface area (Å²) in [6, 6.07) is 11.4. The Morgan fingerprint density at radius 2 is 1.65 bits per heavy atom. The molecule has 0 atom stereocenters. The van der Waals surface area contributed by atoms with Crippen LogP contribution in [0.25, 0.3) is 6.08 Å². The van der Waals surface area contributed by atoms with Crippen molar-refractivity contribution < 1.29 is 18.0 Å². The second kappa shape index (κ2) is 9.89. The van der Waals surface area contributed by atoms with Crippen LogP contribution in [0.1, 0.15) is 47.2 Å². The quantitative estimate of drug-likeness (QED) is 0.670. The first-order valence-corrected chi connectivity index (χ1v) is 11.7. The van der Waals surface area contributed by atoms with E-state index in [0.29, 0.717) is 35.5 Å². The van der Waals surface area contributed by atoms with Gasteiger partial charge in [-0.25, -0.2) is 8.42 Å². The molecule has 2 aromatic rings. The summed E-state index contributed by atoms with van der Waals surface area (Å²) in [6.07, 6.45) is 6.89. The van der Waals surface area contributed by atoms with E-state index in [-0.39, 0.29) is 10.8 Å². The Hall–Kier alpha value is -2.97. The molecule has 1 heterocycles. The molecule has 0 bridgehead atoms. The molecule has 0 unspecified atom stereocenters. The largest absolute Gasteiger partial charge is 0.366 e. The summed E-state index contributed by atoms with van der Waals surface area (Å²) < 4.78 is 27.2. The summed E-state index contributed by atoms with van der Waals surface area (Å²) in [6.45, 7) is 2.86. The van der Waals surface area contributed by atoms with Gasteiger partial charge >= 0.3 is 0 Å². The van der Waals surface area contributed by atoms with Gasteiger partial charge in [0.15, 0.2) is 0 Å². The van der Waals surface area contributed by atoms with E-state index in [2.05, 4.69) is 5.32 Å². The molecule has 31 heavy (non-hydrogen) atoms. The number of hydrogen-bond donors (Lipinski definition) is 2. The molecule has 1 aliphatic rings. The third-order valence-corrected chi connectivity index (χ3v) is 7.18. The van der Waals surface area contributed by atoms with Gasteiger partial charge < -0.3 is 11.1 Å². The number of benzene rings is 2. The molecule has 1 fully saturated rings. The van der Waals surface area contributed by atoms with Crippen LogP contribution in [-0.2, 0) is 14.8 Å². The van der Waals surface area contributed by atoms with Crippen molar-refractivity contribution in [3.05, 3.63) is 65.2 Å². The predicted octanol–water partition coefficient (Wildman–Crippen LogP) is 3.31. The maximum Gasteiger partial charge on any atom is 0.248 e. The van der Waals surface area contributed by atoms with E-state index >= 15 is 0 Å². The van der Waals surface area contributed by atoms with Crippen LogP contribution < -0.4 is 11.1 Å². The van der Waals surface area contributed by atoms with Gasteiger partial charge in [-0.15, -0.1) is 0 Å². The predicted molar refractivity (Wildman–Crippen MR) is 121 cm³/mol. The van der Waals surface area contributed by atoms with Gasteiger partial charge in [0.25, 0.3) is 0 Å². The second-order valence-electron chi connectivity index (χ2n) is 7.60. The van der Waals surface area contributed by atoms with Crippen LogP contribution in [0.5, 0.6) is 0 Å². The number of amides is 2. The minimum Gasteiger partial charge on any atom is -0.366 e. The first-order valence-electron chi connectivity index (χ1n) is 10.3. The summed E-state index contributed by atoms with van der Waals surface area (Å²) >= 11 is 0. The number of rotatable bonds is 6. The first kappa shape index (κ1) is 22.7. The summed E-state index contributed by atoms with van der Waals surface area (Å²) in [5.41, 5.74) is 7.63. The Bertz CT molecular complexity index is 1080. The minimum absolute atomic E-state index is 0.265. The fraction of sp³-hybridized carbons (Fsp3) is 0.304. The van der Waals surface area contributed by atoms with Gasteiger partial charge in [-0.1, -0.05) is 25.0 Å². The topological polar surface area (TPSA) is 110 Å². The number of sulfonamides is 1. The van der Waals surface area contributed by atoms with Crippen LogP contribution in [0.15, 0.2) is 53.4 Å². The summed E-state index contributed by atoms with van der Waals surface area (Å²) in [7, 11) is -3.49. The zero-order chi connectivity index (χ0) is 22.4. The summed E-state index contributed by atoms with van der Waals surface area (Å²) in [4.78, 5) is 23.7. The molecular formula is C23H27N3O4S. The number of anilines is 1. The van der Waals surface area contributed by atoms with Gasteiger partial charge in [0.2, 0.25) is 21.8 Å². The molecule has 164 valence electrons. The first-order chi connectivity index (χ1) is 14.8. The molecule has 1 saturated heterocycles. The van der Waals surface area contributed by atoms with Crippen LogP contribution in [0, 0.1) is 6.92 Å². The number of carbonyl (C=O) groups excluding carboxylic acids is 2. The van der Waals surface area contributed by atoms with E-state index < -0.39 is 15.9 Å². The van der Waals surface area contributed by atoms with E-state index in [1.807, 2.05) is 0 Å². The number of nitrogens with one attached hydrogen (secondary N) is 1. The van der Waals surface area contributed by atoms with Crippen LogP contribution >= 0.6 is 0 Å². The fourth-order valence-corrected chi connectivity index (χ4v) is 5.07. The maximum absolute atomic E-state index is 12.8. The lowest BCUT2D eigenvalue weighted by Gasteiger charge is -2.19. The molecule has 0 saturated carbocycles. The molecule has 3 N–H and O–H groups in total. The van der Waals surface area contributed by atoms with E-state index in [4.69, 9.17) is 5.73 Å². The number of carbonyl (C=O) groups is 2. The number of aryl methyl sites for hydroxylation is 1. The van der Waals surface area contributed by atoms with E-state index in [9.17, 15) is 18.0 Å². The Labute approximate surface area is 183 Å². The van der Waals surface area contributed by atoms with Gasteiger partial charge in [0.1, 0.15) is 0 Å². The molecule has 0 aliphatic carbocycles. The standard InChI is InChI=1S/C23H27N3O4S/c1-17-16-19(9-12-21(17)23(24)28)25-22(27)13-8-18-6-10-20(11-7-18)31(29,30)26-14-4-2-3-5-15-26/h6-13,16H,2-5,14-15H2,1H3,(H2,24,28)(H,25,27)/b13-8+. The van der Waals surface area contributed by atoms with Crippen molar-refractivity contribution in [2.24, 2.45) is 5.73 Å². The van der Waals surface area contributed by atoms with Crippen molar-refractivity contribution in [1.82, 2.24) is 4.31 Å². The van der Waals surface area contributed by atoms with E-state index in [1.54, 1.807) is 59.8 Å². The van der Waals surface area contributed by atoms with Crippen molar-refractivity contribution in [3.8, 4) is 0 Å². The molecule has 8 heteroatoms. The van der Waals surface area contributed by atoms with E-state index in [0.717, 1.165) is 25.7 Å². The van der Waals surface area contributed by atoms with Crippen LogP contribution in [0.4, 0.5) is 5.69 Å². The Balaban J connectivity index is 1.64. The Morgan fingerprint density at radius 3 is 2.23 bits per heavy atom. The number of hydrogen-bond acceptors (Lipinski definition) is 4. The highest BCUT2D eigenvalue weighted by molar-refractivity contribution is 7.89. The lowest BCUT2D eigenvalue weighted by atomic mass is 10.1. The molecule has 0 aromatic heterocycles. The van der Waals surface area contributed by atoms with Crippen molar-refractivity contribution in [2.45, 2.75) is 37.5 Å². The molecule has 0 spiro atoms. The minimum atomic E-state index is -3.49. The van der Waals surface area contributed by atoms with Gasteiger partial charge in [-0.2, -0.15) is 4.31 Å². The number of nitrogens with zero attached hydrogens (tertiary/aromatic N) is 1. The SMILES string of the molecule is Cc1cc(NC(=O)/C=C/c2ccc(S(=O)(=O)N3CCCCCC3)cc2)ccc1C(N)=O. The zero-order valence-corrected chi connectivity index (χ0v) is 18.3. The highest BCUT2D eigenvalue weighted by Gasteiger charge is 2.24. The smallest absolute Gasteiger partial charge is 0.248 e. The summed E-state index contributed by atoms with van der Waals surface area (Å²) in [5, 5.41) is 2.72. The molecule has 1 aliphatic heterocycles. The van der Waals surface area contributed by atoms with Crippen LogP contribution in [-0.4, -0.2) is 37.6 Å². The maximum atomic E-state index is 12.8. The number of nitrogens with two attached hydrogens (primary N) is 1. The lowest BCUT2D eigenvalue weighted by Crippen LogP contribution is -2.31. The van der Waals surface area contributed by atoms with Crippen molar-refractivity contribution >= 4 is 33.6 Å². The highest BCUT2D eigenvalue weighted by Crippen LogP contribution is 2.21. The van der Waals surface area contributed by atoms with Gasteiger partial charge in [-0.05, 0) is 67.3 Å². The molecule has 2 amide bonds. The average Bonchev–Trinajstić information content (AvgIpc) is 3.02. The van der Waals surface area contributed by atoms with Crippen molar-refractivity contribution in [2.75, 3.05) is 18.4 Å². The van der Waals surface area contributed by atoms with Crippen LogP contribution in [0.3, 0.4) is 0 Å². The van der Waals surface area contributed by atoms with Crippen molar-refractivity contribution in [3.63, 3.8) is 0 Å². The molecule has 2 aromatic carbocycles. The monoisotopic (exact) mass is 441 g/mol. The Kier molecular flexibility index (Phi) is 7.25. The van der Waals surface area contributed by atoms with Crippen LogP contribution in [0.2, 0.25) is 0 Å². The fourth-order valence-electron chi connectivity index (χ4n) is 3.56. The molecule has 0 radical (unpaired) electrons. The van der Waals surface area contributed by atoms with Gasteiger partial charge in [0, 0.05) is 30.4 Å². The normalized spacial score (nSPS) is 15.5. The molecule has 7 nitrogen and oxygen atoms in total. The zero-order valence-electron chi connectivity index (χ0n) is 17.5. The third-order valence-electron chi connectivity index (χ3n) is 5.27. The molecular weight excluding hydrogens is 414 g/mol. The average molecular weight is 442 g/mol. The Morgan fingerprint density at radius 1 is 1.00 bits per heavy atom. The van der Waals surface area contributed by atoms with Crippen molar-refractivity contribution in [1.29, 1.82) is 0 Å². The molecule has 3 rings (SSSR count). The second-order valence-corrected chi connectivity index (χ2v) is 9.54. The van der Waals surface area contributed by atoms with E-state index in [1.165, 1.54) is 6.08 Å². The van der Waals surface area contributed by atoms with Gasteiger partial charge in [0.05, 0.1) is 4.90 Å². The lowest BCUT2D eigenvalue weighted by molar-refractivity contribution is -0.111. The summed E-state index contributed by atoms with van der Waals surface area (Å²) in [5.74, 6) is -0.857. The number of primary amides is 1.